The molecule has 1 aliphatic carbocycles. The van der Waals surface area contributed by atoms with Gasteiger partial charge >= 0.3 is 0 Å². The Balaban J connectivity index is 1.69. The fourth-order valence-corrected chi connectivity index (χ4v) is 5.27. The minimum absolute atomic E-state index is 0.0149. The highest BCUT2D eigenvalue weighted by Gasteiger charge is 2.30. The molecule has 2 aromatic rings. The molecule has 1 atom stereocenters. The molecule has 1 aliphatic rings. The lowest BCUT2D eigenvalue weighted by Crippen LogP contribution is -2.51. The first-order chi connectivity index (χ1) is 16.5. The summed E-state index contributed by atoms with van der Waals surface area (Å²) >= 11 is 1.68. The van der Waals surface area contributed by atoms with Gasteiger partial charge in [0, 0.05) is 29.7 Å². The Hall–Kier alpha value is -2.47. The van der Waals surface area contributed by atoms with E-state index in [4.69, 9.17) is 4.74 Å². The molecule has 0 saturated heterocycles. The van der Waals surface area contributed by atoms with Crippen LogP contribution in [-0.4, -0.2) is 41.7 Å². The summed E-state index contributed by atoms with van der Waals surface area (Å²) in [5.74, 6) is 1.45. The average Bonchev–Trinajstić information content (AvgIpc) is 2.86. The number of nitrogens with zero attached hydrogens (tertiary/aromatic N) is 1. The van der Waals surface area contributed by atoms with Crippen molar-refractivity contribution in [2.24, 2.45) is 0 Å². The zero-order chi connectivity index (χ0) is 24.3. The lowest BCUT2D eigenvalue weighted by Gasteiger charge is -2.33. The quantitative estimate of drug-likeness (QED) is 0.415. The fourth-order valence-electron chi connectivity index (χ4n) is 4.43. The first-order valence-corrected chi connectivity index (χ1v) is 13.4. The molecule has 5 nitrogen and oxygen atoms in total. The molecule has 0 aliphatic heterocycles. The zero-order valence-electron chi connectivity index (χ0n) is 20.7. The van der Waals surface area contributed by atoms with E-state index in [-0.39, 0.29) is 17.9 Å². The largest absolute Gasteiger partial charge is 0.497 e. The van der Waals surface area contributed by atoms with Crippen LogP contribution in [0.5, 0.6) is 5.75 Å². The van der Waals surface area contributed by atoms with Gasteiger partial charge in [-0.1, -0.05) is 56.0 Å². The first kappa shape index (κ1) is 26.1. The van der Waals surface area contributed by atoms with E-state index >= 15 is 0 Å². The molecular formula is C28H38N2O3S. The number of carbonyl (C=O) groups excluding carboxylic acids is 2. The number of hydrogen-bond acceptors (Lipinski definition) is 4. The summed E-state index contributed by atoms with van der Waals surface area (Å²) in [6.45, 7) is 4.47. The van der Waals surface area contributed by atoms with Crippen molar-refractivity contribution in [2.75, 3.05) is 12.9 Å². The maximum atomic E-state index is 13.4. The Morgan fingerprint density at radius 2 is 1.74 bits per heavy atom. The summed E-state index contributed by atoms with van der Waals surface area (Å²) in [7, 11) is 1.64. The van der Waals surface area contributed by atoms with E-state index in [1.54, 1.807) is 23.8 Å². The van der Waals surface area contributed by atoms with Crippen LogP contribution in [0.2, 0.25) is 0 Å². The molecule has 1 fully saturated rings. The van der Waals surface area contributed by atoms with Gasteiger partial charge in [0.25, 0.3) is 0 Å². The Kier molecular flexibility index (Phi) is 10.3. The molecule has 0 bridgehead atoms. The van der Waals surface area contributed by atoms with Gasteiger partial charge < -0.3 is 15.0 Å². The van der Waals surface area contributed by atoms with Gasteiger partial charge in [0.1, 0.15) is 11.8 Å². The van der Waals surface area contributed by atoms with Gasteiger partial charge in [-0.3, -0.25) is 9.59 Å². The lowest BCUT2D eigenvalue weighted by atomic mass is 9.95. The van der Waals surface area contributed by atoms with Crippen molar-refractivity contribution in [3.05, 3.63) is 59.7 Å². The fraction of sp³-hybridized carbons (Fsp3) is 0.500. The third-order valence-electron chi connectivity index (χ3n) is 6.46. The van der Waals surface area contributed by atoms with Crippen molar-refractivity contribution in [3.63, 3.8) is 0 Å². The number of aryl methyl sites for hydroxylation is 1. The number of thioether (sulfide) groups is 1. The zero-order valence-corrected chi connectivity index (χ0v) is 21.5. The average molecular weight is 483 g/mol. The van der Waals surface area contributed by atoms with Gasteiger partial charge in [-0.05, 0) is 56.0 Å². The van der Waals surface area contributed by atoms with E-state index in [9.17, 15) is 9.59 Å². The highest BCUT2D eigenvalue weighted by atomic mass is 32.2. The van der Waals surface area contributed by atoms with Crippen molar-refractivity contribution in [2.45, 2.75) is 82.3 Å². The van der Waals surface area contributed by atoms with E-state index in [1.807, 2.05) is 31.2 Å². The van der Waals surface area contributed by atoms with Crippen LogP contribution >= 0.6 is 11.8 Å². The van der Waals surface area contributed by atoms with E-state index < -0.39 is 6.04 Å². The predicted octanol–water partition coefficient (Wildman–Crippen LogP) is 5.74. The van der Waals surface area contributed by atoms with Gasteiger partial charge in [0.2, 0.25) is 11.8 Å². The second-order valence-electron chi connectivity index (χ2n) is 9.05. The molecule has 6 heteroatoms. The molecular weight excluding hydrogens is 444 g/mol. The molecule has 3 rings (SSSR count). The second kappa shape index (κ2) is 13.4. The van der Waals surface area contributed by atoms with Gasteiger partial charge in [-0.2, -0.15) is 0 Å². The summed E-state index contributed by atoms with van der Waals surface area (Å²) in [6.07, 6.45) is 6.60. The lowest BCUT2D eigenvalue weighted by molar-refractivity contribution is -0.141. The number of carbonyl (C=O) groups is 2. The first-order valence-electron chi connectivity index (χ1n) is 12.4. The summed E-state index contributed by atoms with van der Waals surface area (Å²) in [6, 6.07) is 15.8. The Labute approximate surface area is 208 Å². The van der Waals surface area contributed by atoms with Gasteiger partial charge in [0.05, 0.1) is 7.11 Å². The Morgan fingerprint density at radius 1 is 1.06 bits per heavy atom. The number of hydrogen-bond donors (Lipinski definition) is 1. The van der Waals surface area contributed by atoms with Crippen LogP contribution in [0.25, 0.3) is 0 Å². The van der Waals surface area contributed by atoms with E-state index in [1.165, 1.54) is 12.0 Å². The van der Waals surface area contributed by atoms with Crippen LogP contribution in [0.3, 0.4) is 0 Å². The van der Waals surface area contributed by atoms with E-state index in [2.05, 4.69) is 36.5 Å². The van der Waals surface area contributed by atoms with Crippen molar-refractivity contribution >= 4 is 23.6 Å². The maximum Gasteiger partial charge on any atom is 0.243 e. The SMILES string of the molecule is CC[C@H](C(=O)NC1CCCCC1)N(Cc1ccc(OC)cc1)C(=O)CCSc1ccc(C)cc1. The van der Waals surface area contributed by atoms with Gasteiger partial charge in [-0.15, -0.1) is 11.8 Å². The normalized spacial score (nSPS) is 14.9. The minimum Gasteiger partial charge on any atom is -0.497 e. The van der Waals surface area contributed by atoms with Crippen LogP contribution < -0.4 is 10.1 Å². The predicted molar refractivity (Wildman–Crippen MR) is 139 cm³/mol. The molecule has 0 unspecified atom stereocenters. The molecule has 1 saturated carbocycles. The Bertz CT molecular complexity index is 908. The van der Waals surface area contributed by atoms with E-state index in [0.717, 1.165) is 41.9 Å². The number of benzene rings is 2. The van der Waals surface area contributed by atoms with Crippen molar-refractivity contribution < 1.29 is 14.3 Å². The summed E-state index contributed by atoms with van der Waals surface area (Å²) < 4.78 is 5.27. The topological polar surface area (TPSA) is 58.6 Å². The molecule has 184 valence electrons. The third kappa shape index (κ3) is 7.79. The van der Waals surface area contributed by atoms with Crippen molar-refractivity contribution in [1.82, 2.24) is 10.2 Å². The maximum absolute atomic E-state index is 13.4. The van der Waals surface area contributed by atoms with E-state index in [0.29, 0.717) is 25.1 Å². The molecule has 0 spiro atoms. The van der Waals surface area contributed by atoms with Crippen molar-refractivity contribution in [3.8, 4) is 5.75 Å². The Morgan fingerprint density at radius 3 is 2.35 bits per heavy atom. The highest BCUT2D eigenvalue weighted by Crippen LogP contribution is 2.22. The van der Waals surface area contributed by atoms with Crippen LogP contribution in [0, 0.1) is 6.92 Å². The number of nitrogens with one attached hydrogen (secondary N) is 1. The second-order valence-corrected chi connectivity index (χ2v) is 10.2. The molecule has 0 radical (unpaired) electrons. The summed E-state index contributed by atoms with van der Waals surface area (Å²) in [4.78, 5) is 29.6. The van der Waals surface area contributed by atoms with Crippen LogP contribution in [0.4, 0.5) is 0 Å². The number of amides is 2. The summed E-state index contributed by atoms with van der Waals surface area (Å²) in [5.41, 5.74) is 2.21. The van der Waals surface area contributed by atoms with Gasteiger partial charge in [-0.25, -0.2) is 0 Å². The summed E-state index contributed by atoms with van der Waals surface area (Å²) in [5, 5.41) is 3.24. The third-order valence-corrected chi connectivity index (χ3v) is 7.47. The molecule has 34 heavy (non-hydrogen) atoms. The molecule has 2 amide bonds. The number of methoxy groups -OCH3 is 1. The minimum atomic E-state index is -0.471. The molecule has 1 N–H and O–H groups in total. The highest BCUT2D eigenvalue weighted by molar-refractivity contribution is 7.99. The molecule has 0 aromatic heterocycles. The smallest absolute Gasteiger partial charge is 0.243 e. The standard InChI is InChI=1S/C28H38N2O3S/c1-4-26(28(32)29-23-8-6-5-7-9-23)30(20-22-12-14-24(33-3)15-13-22)27(31)18-19-34-25-16-10-21(2)11-17-25/h10-17,23,26H,4-9,18-20H2,1-3H3,(H,29,32)/t26-/m1/s1. The monoisotopic (exact) mass is 482 g/mol. The molecule has 0 heterocycles. The van der Waals surface area contributed by atoms with Crippen LogP contribution in [0.1, 0.15) is 63.0 Å². The van der Waals surface area contributed by atoms with Crippen LogP contribution in [-0.2, 0) is 16.1 Å². The van der Waals surface area contributed by atoms with Gasteiger partial charge in [0.15, 0.2) is 0 Å². The molecule has 2 aromatic carbocycles. The number of rotatable bonds is 11. The van der Waals surface area contributed by atoms with Crippen LogP contribution in [0.15, 0.2) is 53.4 Å². The number of ether oxygens (including phenoxy) is 1. The van der Waals surface area contributed by atoms with Crippen molar-refractivity contribution in [1.29, 1.82) is 0 Å².